The van der Waals surface area contributed by atoms with E-state index in [9.17, 15) is 9.59 Å². The van der Waals surface area contributed by atoms with Gasteiger partial charge in [0.05, 0.1) is 6.10 Å². The molecule has 1 saturated heterocycles. The van der Waals surface area contributed by atoms with Crippen LogP contribution >= 0.6 is 0 Å². The van der Waals surface area contributed by atoms with Crippen LogP contribution in [0.1, 0.15) is 58.6 Å². The van der Waals surface area contributed by atoms with E-state index in [4.69, 9.17) is 4.74 Å². The van der Waals surface area contributed by atoms with Crippen molar-refractivity contribution >= 4 is 17.5 Å². The highest BCUT2D eigenvalue weighted by Crippen LogP contribution is 2.70. The molecule has 0 aromatic heterocycles. The summed E-state index contributed by atoms with van der Waals surface area (Å²) in [5, 5.41) is 6.13. The second-order valence-electron chi connectivity index (χ2n) is 9.28. The lowest BCUT2D eigenvalue weighted by molar-refractivity contribution is -0.136. The van der Waals surface area contributed by atoms with Gasteiger partial charge in [-0.15, -0.1) is 0 Å². The molecule has 5 nitrogen and oxygen atoms in total. The van der Waals surface area contributed by atoms with Gasteiger partial charge >= 0.3 is 0 Å². The van der Waals surface area contributed by atoms with Gasteiger partial charge in [-0.1, -0.05) is 26.0 Å². The summed E-state index contributed by atoms with van der Waals surface area (Å²) >= 11 is 0. The van der Waals surface area contributed by atoms with E-state index in [2.05, 4.69) is 36.6 Å². The van der Waals surface area contributed by atoms with Crippen molar-refractivity contribution in [2.45, 2.75) is 59.1 Å². The lowest BCUT2D eigenvalue weighted by atomic mass is 9.59. The van der Waals surface area contributed by atoms with Crippen LogP contribution in [0.2, 0.25) is 0 Å². The van der Waals surface area contributed by atoms with Gasteiger partial charge in [-0.2, -0.15) is 0 Å². The smallest absolute Gasteiger partial charge is 0.221 e. The number of nitrogens with one attached hydrogen (secondary N) is 2. The maximum atomic E-state index is 11.9. The summed E-state index contributed by atoms with van der Waals surface area (Å²) in [5.74, 6) is 1.04. The van der Waals surface area contributed by atoms with E-state index in [-0.39, 0.29) is 34.8 Å². The molecule has 5 heteroatoms. The van der Waals surface area contributed by atoms with E-state index >= 15 is 0 Å². The first-order valence-corrected chi connectivity index (χ1v) is 10.0. The zero-order valence-electron chi connectivity index (χ0n) is 16.7. The maximum absolute atomic E-state index is 11.9. The Bertz CT molecular complexity index is 757. The fraction of sp³-hybridized carbons (Fsp3) is 0.636. The Balaban J connectivity index is 1.63. The van der Waals surface area contributed by atoms with Crippen molar-refractivity contribution < 1.29 is 14.3 Å². The van der Waals surface area contributed by atoms with Crippen LogP contribution in [0.4, 0.5) is 5.69 Å². The summed E-state index contributed by atoms with van der Waals surface area (Å²) in [6, 6.07) is 8.24. The fourth-order valence-electron chi connectivity index (χ4n) is 6.28. The predicted octanol–water partition coefficient (Wildman–Crippen LogP) is 3.66. The summed E-state index contributed by atoms with van der Waals surface area (Å²) in [6.07, 6.45) is 3.41. The summed E-state index contributed by atoms with van der Waals surface area (Å²) in [4.78, 5) is 23.2. The molecular formula is C22H30N2O3. The third-order valence-electron chi connectivity index (χ3n) is 7.41. The third-order valence-corrected chi connectivity index (χ3v) is 7.41. The molecule has 3 fully saturated rings. The molecule has 1 aromatic carbocycles. The molecule has 146 valence electrons. The van der Waals surface area contributed by atoms with Crippen LogP contribution in [0.3, 0.4) is 0 Å². The number of benzene rings is 1. The number of hydrogen-bond donors (Lipinski definition) is 2. The van der Waals surface area contributed by atoms with Gasteiger partial charge in [0.15, 0.2) is 0 Å². The summed E-state index contributed by atoms with van der Waals surface area (Å²) in [5.41, 5.74) is 2.22. The number of rotatable bonds is 3. The summed E-state index contributed by atoms with van der Waals surface area (Å²) in [7, 11) is 0. The van der Waals surface area contributed by atoms with E-state index in [0.29, 0.717) is 11.8 Å². The molecule has 2 saturated carbocycles. The van der Waals surface area contributed by atoms with Crippen LogP contribution in [0.15, 0.2) is 24.3 Å². The maximum Gasteiger partial charge on any atom is 0.221 e. The Labute approximate surface area is 161 Å². The van der Waals surface area contributed by atoms with Crippen LogP contribution in [0.25, 0.3) is 0 Å². The Kier molecular flexibility index (Phi) is 4.34. The van der Waals surface area contributed by atoms with Gasteiger partial charge in [0, 0.05) is 32.2 Å². The van der Waals surface area contributed by atoms with E-state index in [1.165, 1.54) is 18.9 Å². The van der Waals surface area contributed by atoms with Crippen molar-refractivity contribution in [2.75, 3.05) is 11.9 Å². The van der Waals surface area contributed by atoms with Crippen molar-refractivity contribution in [2.24, 2.45) is 22.7 Å². The predicted molar refractivity (Wildman–Crippen MR) is 104 cm³/mol. The van der Waals surface area contributed by atoms with Crippen LogP contribution < -0.4 is 10.6 Å². The number of fused-ring (bicyclic) bond motifs is 1. The van der Waals surface area contributed by atoms with Gasteiger partial charge in [0.25, 0.3) is 0 Å². The monoisotopic (exact) mass is 370 g/mol. The minimum atomic E-state index is -0.0656. The highest BCUT2D eigenvalue weighted by molar-refractivity contribution is 5.88. The van der Waals surface area contributed by atoms with Gasteiger partial charge in [-0.3, -0.25) is 9.59 Å². The second-order valence-corrected chi connectivity index (χ2v) is 9.28. The molecule has 2 aliphatic carbocycles. The standard InChI is InChI=1S/C22H30N2O3/c1-13(25)23-17-7-5-15(6-8-17)19-18-11-16-12-22(18,9-10-27-19)20(21(16,3)4)24-14(2)26/h5-8,16,18-20H,9-12H2,1-4H3,(H,23,25)(H,24,26)/t16-,18-,19-,20+,22?/m1/s1. The van der Waals surface area contributed by atoms with Crippen molar-refractivity contribution in [3.8, 4) is 0 Å². The Morgan fingerprint density at radius 2 is 1.81 bits per heavy atom. The van der Waals surface area contributed by atoms with Crippen molar-refractivity contribution in [1.29, 1.82) is 0 Å². The topological polar surface area (TPSA) is 67.4 Å². The molecule has 1 aliphatic heterocycles. The number of ether oxygens (including phenoxy) is 1. The van der Waals surface area contributed by atoms with Gasteiger partial charge in [-0.05, 0) is 59.6 Å². The van der Waals surface area contributed by atoms with E-state index in [0.717, 1.165) is 25.1 Å². The average Bonchev–Trinajstić information content (AvgIpc) is 3.08. The van der Waals surface area contributed by atoms with Gasteiger partial charge in [0.2, 0.25) is 11.8 Å². The SMILES string of the molecule is CC(=O)Nc1ccc([C@H]2OCCC34C[C@@H](C[C@H]23)C(C)(C)[C@@H]4NC(C)=O)cc1. The molecule has 1 spiro atoms. The van der Waals surface area contributed by atoms with Gasteiger partial charge in [0.1, 0.15) is 0 Å². The minimum absolute atomic E-state index is 0.0579. The van der Waals surface area contributed by atoms with Gasteiger partial charge < -0.3 is 15.4 Å². The lowest BCUT2D eigenvalue weighted by Gasteiger charge is -2.53. The molecule has 1 unspecified atom stereocenters. The fourth-order valence-corrected chi connectivity index (χ4v) is 6.28. The molecule has 5 atom stereocenters. The number of anilines is 1. The first-order chi connectivity index (χ1) is 12.7. The third kappa shape index (κ3) is 2.87. The van der Waals surface area contributed by atoms with Crippen LogP contribution in [0, 0.1) is 22.7 Å². The molecular weight excluding hydrogens is 340 g/mol. The van der Waals surface area contributed by atoms with Crippen molar-refractivity contribution in [1.82, 2.24) is 5.32 Å². The molecule has 0 radical (unpaired) electrons. The zero-order valence-corrected chi connectivity index (χ0v) is 16.7. The minimum Gasteiger partial charge on any atom is -0.373 e. The molecule has 2 amide bonds. The average molecular weight is 370 g/mol. The number of amides is 2. The Hall–Kier alpha value is -1.88. The number of hydrogen-bond acceptors (Lipinski definition) is 3. The molecule has 2 bridgehead atoms. The van der Waals surface area contributed by atoms with E-state index in [1.807, 2.05) is 12.1 Å². The van der Waals surface area contributed by atoms with Crippen molar-refractivity contribution in [3.63, 3.8) is 0 Å². The molecule has 27 heavy (non-hydrogen) atoms. The molecule has 2 N–H and O–H groups in total. The molecule has 1 aromatic rings. The van der Waals surface area contributed by atoms with Crippen LogP contribution in [-0.2, 0) is 14.3 Å². The van der Waals surface area contributed by atoms with Crippen LogP contribution in [0.5, 0.6) is 0 Å². The highest BCUT2D eigenvalue weighted by atomic mass is 16.5. The van der Waals surface area contributed by atoms with Crippen LogP contribution in [-0.4, -0.2) is 24.5 Å². The molecule has 1 heterocycles. The zero-order chi connectivity index (χ0) is 19.4. The summed E-state index contributed by atoms with van der Waals surface area (Å²) in [6.45, 7) is 8.51. The van der Waals surface area contributed by atoms with Crippen molar-refractivity contribution in [3.05, 3.63) is 29.8 Å². The Morgan fingerprint density at radius 1 is 1.11 bits per heavy atom. The number of carbonyl (C=O) groups is 2. The normalized spacial score (nSPS) is 36.1. The van der Waals surface area contributed by atoms with E-state index < -0.39 is 0 Å². The quantitative estimate of drug-likeness (QED) is 0.853. The lowest BCUT2D eigenvalue weighted by Crippen LogP contribution is -2.58. The first kappa shape index (κ1) is 18.5. The number of carbonyl (C=O) groups excluding carboxylic acids is 2. The highest BCUT2D eigenvalue weighted by Gasteiger charge is 2.68. The first-order valence-electron chi connectivity index (χ1n) is 10.0. The Morgan fingerprint density at radius 3 is 2.44 bits per heavy atom. The largest absolute Gasteiger partial charge is 0.373 e. The van der Waals surface area contributed by atoms with E-state index in [1.54, 1.807) is 6.92 Å². The molecule has 3 aliphatic rings. The second kappa shape index (κ2) is 6.33. The molecule has 4 rings (SSSR count). The van der Waals surface area contributed by atoms with Gasteiger partial charge in [-0.25, -0.2) is 0 Å². The summed E-state index contributed by atoms with van der Waals surface area (Å²) < 4.78 is 6.27.